The van der Waals surface area contributed by atoms with Crippen molar-refractivity contribution >= 4 is 9.84 Å². The molecule has 0 fully saturated rings. The highest BCUT2D eigenvalue weighted by Gasteiger charge is 2.26. The molecule has 0 atom stereocenters. The van der Waals surface area contributed by atoms with Crippen LogP contribution in [0.25, 0.3) is 0 Å². The van der Waals surface area contributed by atoms with E-state index in [4.69, 9.17) is 0 Å². The Hall–Kier alpha value is -2.95. The third kappa shape index (κ3) is 7.28. The molecule has 0 aromatic heterocycles. The predicted molar refractivity (Wildman–Crippen MR) is 137 cm³/mol. The van der Waals surface area contributed by atoms with Gasteiger partial charge < -0.3 is 4.48 Å². The summed E-state index contributed by atoms with van der Waals surface area (Å²) >= 11 is 0. The summed E-state index contributed by atoms with van der Waals surface area (Å²) in [6.45, 7) is 11.1. The second kappa shape index (κ2) is 11.3. The lowest BCUT2D eigenvalue weighted by atomic mass is 10.1. The van der Waals surface area contributed by atoms with Crippen molar-refractivity contribution in [1.29, 1.82) is 0 Å². The molecule has 0 saturated heterocycles. The van der Waals surface area contributed by atoms with Crippen molar-refractivity contribution in [1.82, 2.24) is 0 Å². The van der Waals surface area contributed by atoms with E-state index in [0.717, 1.165) is 41.8 Å². The molecule has 0 radical (unpaired) electrons. The lowest BCUT2D eigenvalue weighted by Crippen LogP contribution is -2.47. The largest absolute Gasteiger partial charge is 0.310 e. The summed E-state index contributed by atoms with van der Waals surface area (Å²) in [7, 11) is -3.37. The Balaban J connectivity index is 1.86. The van der Waals surface area contributed by atoms with Crippen LogP contribution >= 0.6 is 0 Å². The molecular formula is C29H34NO2S+. The van der Waals surface area contributed by atoms with Gasteiger partial charge in [0.2, 0.25) is 0 Å². The number of hydrogen-bond donors (Lipinski definition) is 0. The Kier molecular flexibility index (Phi) is 8.43. The van der Waals surface area contributed by atoms with E-state index >= 15 is 0 Å². The molecule has 3 aromatic carbocycles. The summed E-state index contributed by atoms with van der Waals surface area (Å²) in [4.78, 5) is 0.376. The average Bonchev–Trinajstić information content (AvgIpc) is 2.79. The van der Waals surface area contributed by atoms with E-state index in [1.807, 2.05) is 44.2 Å². The van der Waals surface area contributed by atoms with Crippen molar-refractivity contribution in [2.24, 2.45) is 0 Å². The Morgan fingerprint density at radius 2 is 1.33 bits per heavy atom. The van der Waals surface area contributed by atoms with Gasteiger partial charge in [0, 0.05) is 11.1 Å². The van der Waals surface area contributed by atoms with Crippen molar-refractivity contribution in [3.8, 4) is 0 Å². The standard InChI is InChI=1S/C29H34NO2S/c1-4-20-30(22-27-11-7-5-8-12-27,23-28-13-9-6-10-14-28)21-19-26(3)24-33(31,32)29-17-15-25(2)16-18-29/h4-19H,1,20-24H2,2-3H3/q+1/b26-19-. The minimum absolute atomic E-state index is 0.0286. The van der Waals surface area contributed by atoms with Gasteiger partial charge in [0.1, 0.15) is 13.1 Å². The van der Waals surface area contributed by atoms with E-state index in [1.54, 1.807) is 12.1 Å². The molecule has 3 rings (SSSR count). The number of benzene rings is 3. The van der Waals surface area contributed by atoms with Gasteiger partial charge in [-0.15, -0.1) is 0 Å². The van der Waals surface area contributed by atoms with Crippen LogP contribution in [-0.2, 0) is 22.9 Å². The van der Waals surface area contributed by atoms with Crippen LogP contribution in [0.5, 0.6) is 0 Å². The highest BCUT2D eigenvalue weighted by molar-refractivity contribution is 7.91. The molecule has 0 amide bonds. The first-order chi connectivity index (χ1) is 15.8. The SMILES string of the molecule is C=CC[N+](C/C=C(/C)CS(=O)(=O)c1ccc(C)cc1)(Cc1ccccc1)Cc1ccccc1. The maximum absolute atomic E-state index is 12.9. The Labute approximate surface area is 199 Å². The van der Waals surface area contributed by atoms with E-state index in [-0.39, 0.29) is 5.75 Å². The van der Waals surface area contributed by atoms with Gasteiger partial charge in [-0.1, -0.05) is 90.5 Å². The van der Waals surface area contributed by atoms with Gasteiger partial charge in [0.05, 0.1) is 23.7 Å². The number of quaternary nitrogens is 1. The van der Waals surface area contributed by atoms with Crippen molar-refractivity contribution in [2.75, 3.05) is 18.8 Å². The molecule has 0 N–H and O–H groups in total. The molecule has 3 nitrogen and oxygen atoms in total. The fourth-order valence-electron chi connectivity index (χ4n) is 4.14. The molecule has 33 heavy (non-hydrogen) atoms. The quantitative estimate of drug-likeness (QED) is 0.255. The van der Waals surface area contributed by atoms with Crippen LogP contribution in [0, 0.1) is 6.92 Å². The molecule has 0 aliphatic rings. The van der Waals surface area contributed by atoms with Crippen LogP contribution in [0.2, 0.25) is 0 Å². The van der Waals surface area contributed by atoms with Crippen LogP contribution in [-0.4, -0.2) is 31.7 Å². The second-order valence-corrected chi connectivity index (χ2v) is 10.9. The van der Waals surface area contributed by atoms with Crippen molar-refractivity contribution < 1.29 is 12.9 Å². The van der Waals surface area contributed by atoms with E-state index < -0.39 is 9.84 Å². The van der Waals surface area contributed by atoms with Crippen molar-refractivity contribution in [3.63, 3.8) is 0 Å². The lowest BCUT2D eigenvalue weighted by molar-refractivity contribution is -0.943. The summed E-state index contributed by atoms with van der Waals surface area (Å²) in [5.74, 6) is 0.0286. The lowest BCUT2D eigenvalue weighted by Gasteiger charge is -2.37. The molecule has 0 heterocycles. The summed E-state index contributed by atoms with van der Waals surface area (Å²) < 4.78 is 26.6. The maximum Gasteiger partial charge on any atom is 0.182 e. The van der Waals surface area contributed by atoms with Crippen molar-refractivity contribution in [3.05, 3.63) is 126 Å². The Morgan fingerprint density at radius 3 is 1.82 bits per heavy atom. The third-order valence-electron chi connectivity index (χ3n) is 5.86. The molecular weight excluding hydrogens is 426 g/mol. The van der Waals surface area contributed by atoms with Gasteiger partial charge in [-0.3, -0.25) is 0 Å². The molecule has 0 aliphatic heterocycles. The molecule has 0 aliphatic carbocycles. The highest BCUT2D eigenvalue weighted by Crippen LogP contribution is 2.22. The van der Waals surface area contributed by atoms with E-state index in [0.29, 0.717) is 4.90 Å². The van der Waals surface area contributed by atoms with Gasteiger partial charge in [0.15, 0.2) is 9.84 Å². The number of sulfone groups is 1. The monoisotopic (exact) mass is 460 g/mol. The summed E-state index contributed by atoms with van der Waals surface area (Å²) in [6, 6.07) is 28.0. The number of rotatable bonds is 11. The fraction of sp³-hybridized carbons (Fsp3) is 0.241. The fourth-order valence-corrected chi connectivity index (χ4v) is 5.58. The zero-order valence-corrected chi connectivity index (χ0v) is 20.5. The Bertz CT molecular complexity index is 1120. The van der Waals surface area contributed by atoms with Gasteiger partial charge in [-0.25, -0.2) is 8.42 Å². The summed E-state index contributed by atoms with van der Waals surface area (Å²) in [5, 5.41) is 0. The van der Waals surface area contributed by atoms with Crippen LogP contribution < -0.4 is 0 Å². The first-order valence-corrected chi connectivity index (χ1v) is 13.0. The van der Waals surface area contributed by atoms with Crippen LogP contribution in [0.15, 0.2) is 114 Å². The predicted octanol–water partition coefficient (Wildman–Crippen LogP) is 6.12. The minimum atomic E-state index is -3.37. The first kappa shape index (κ1) is 24.7. The molecule has 3 aromatic rings. The molecule has 0 unspecified atom stereocenters. The third-order valence-corrected chi connectivity index (χ3v) is 7.69. The zero-order chi connectivity index (χ0) is 23.7. The molecule has 4 heteroatoms. The Morgan fingerprint density at radius 1 is 0.818 bits per heavy atom. The topological polar surface area (TPSA) is 34.1 Å². The van der Waals surface area contributed by atoms with Crippen molar-refractivity contribution in [2.45, 2.75) is 31.8 Å². The number of nitrogens with zero attached hydrogens (tertiary/aromatic N) is 1. The van der Waals surface area contributed by atoms with E-state index in [2.05, 4.69) is 61.2 Å². The van der Waals surface area contributed by atoms with Crippen LogP contribution in [0.4, 0.5) is 0 Å². The average molecular weight is 461 g/mol. The van der Waals surface area contributed by atoms with E-state index in [9.17, 15) is 8.42 Å². The van der Waals surface area contributed by atoms with Crippen LogP contribution in [0.3, 0.4) is 0 Å². The smallest absolute Gasteiger partial charge is 0.182 e. The number of aryl methyl sites for hydroxylation is 1. The molecule has 0 bridgehead atoms. The molecule has 0 spiro atoms. The normalized spacial score (nSPS) is 12.5. The summed E-state index contributed by atoms with van der Waals surface area (Å²) in [6.07, 6.45) is 4.07. The first-order valence-electron chi connectivity index (χ1n) is 11.3. The van der Waals surface area contributed by atoms with Gasteiger partial charge in [-0.2, -0.15) is 0 Å². The molecule has 0 saturated carbocycles. The van der Waals surface area contributed by atoms with E-state index in [1.165, 1.54) is 11.1 Å². The number of hydrogen-bond acceptors (Lipinski definition) is 2. The zero-order valence-electron chi connectivity index (χ0n) is 19.7. The maximum atomic E-state index is 12.9. The van der Waals surface area contributed by atoms with Gasteiger partial charge >= 0.3 is 0 Å². The molecule has 172 valence electrons. The van der Waals surface area contributed by atoms with Gasteiger partial charge in [0.25, 0.3) is 0 Å². The minimum Gasteiger partial charge on any atom is -0.310 e. The highest BCUT2D eigenvalue weighted by atomic mass is 32.2. The van der Waals surface area contributed by atoms with Crippen LogP contribution in [0.1, 0.15) is 23.6 Å². The second-order valence-electron chi connectivity index (χ2n) is 8.91. The summed E-state index contributed by atoms with van der Waals surface area (Å²) in [5.41, 5.74) is 4.43. The van der Waals surface area contributed by atoms with Gasteiger partial charge in [-0.05, 0) is 38.1 Å².